The van der Waals surface area contributed by atoms with Gasteiger partial charge in [-0.15, -0.1) is 0 Å². The van der Waals surface area contributed by atoms with Crippen molar-refractivity contribution in [2.75, 3.05) is 0 Å². The molecular weight excluding hydrogens is 300 g/mol. The van der Waals surface area contributed by atoms with Gasteiger partial charge in [-0.25, -0.2) is 0 Å². The second kappa shape index (κ2) is 6.27. The summed E-state index contributed by atoms with van der Waals surface area (Å²) >= 11 is 0. The average Bonchev–Trinajstić information content (AvgIpc) is 2.86. The molecule has 0 N–H and O–H groups in total. The molecule has 2 unspecified atom stereocenters. The zero-order valence-electron chi connectivity index (χ0n) is 13.9. The van der Waals surface area contributed by atoms with Crippen LogP contribution >= 0.6 is 0 Å². The fourth-order valence-electron chi connectivity index (χ4n) is 4.09. The normalized spacial score (nSPS) is 25.5. The van der Waals surface area contributed by atoms with Gasteiger partial charge < -0.3 is 9.64 Å². The number of carbonyl (C=O) groups excluding carboxylic acids is 1. The Morgan fingerprint density at radius 1 is 1.17 bits per heavy atom. The van der Waals surface area contributed by atoms with Gasteiger partial charge in [0.2, 0.25) is 0 Å². The number of rotatable bonds is 3. The highest BCUT2D eigenvalue weighted by atomic mass is 16.5. The molecule has 0 spiro atoms. The number of piperidine rings is 1. The zero-order chi connectivity index (χ0) is 16.5. The molecule has 2 aromatic rings. The van der Waals surface area contributed by atoms with E-state index in [1.54, 1.807) is 12.4 Å². The molecule has 124 valence electrons. The van der Waals surface area contributed by atoms with Crippen LogP contribution in [-0.2, 0) is 0 Å². The second-order valence-corrected chi connectivity index (χ2v) is 6.87. The maximum absolute atomic E-state index is 13.0. The van der Waals surface area contributed by atoms with Crippen LogP contribution in [0.5, 0.6) is 5.75 Å². The van der Waals surface area contributed by atoms with Gasteiger partial charge in [-0.2, -0.15) is 0 Å². The lowest BCUT2D eigenvalue weighted by Crippen LogP contribution is -2.49. The van der Waals surface area contributed by atoms with Crippen LogP contribution in [0.25, 0.3) is 0 Å². The number of hydrogen-bond donors (Lipinski definition) is 0. The third-order valence-corrected chi connectivity index (χ3v) is 5.13. The summed E-state index contributed by atoms with van der Waals surface area (Å²) in [4.78, 5) is 19.2. The second-order valence-electron chi connectivity index (χ2n) is 6.87. The Bertz CT molecular complexity index is 717. The van der Waals surface area contributed by atoms with Gasteiger partial charge in [0, 0.05) is 36.7 Å². The first kappa shape index (κ1) is 15.2. The molecule has 4 nitrogen and oxygen atoms in total. The number of nitrogens with zero attached hydrogens (tertiary/aromatic N) is 2. The minimum atomic E-state index is 0.172. The molecule has 3 heterocycles. The van der Waals surface area contributed by atoms with Gasteiger partial charge in [-0.3, -0.25) is 9.78 Å². The van der Waals surface area contributed by atoms with E-state index in [2.05, 4.69) is 9.88 Å². The molecule has 0 radical (unpaired) electrons. The van der Waals surface area contributed by atoms with E-state index in [-0.39, 0.29) is 12.0 Å². The molecule has 2 fully saturated rings. The monoisotopic (exact) mass is 322 g/mol. The van der Waals surface area contributed by atoms with Crippen LogP contribution in [0, 0.1) is 6.92 Å². The number of aryl methyl sites for hydroxylation is 1. The zero-order valence-corrected chi connectivity index (χ0v) is 13.9. The standard InChI is InChI=1S/C20H22N2O2/c1-14-4-2-5-15(10-14)20(23)22-16-7-8-17(22)12-19(11-16)24-18-6-3-9-21-13-18/h2-6,9-10,13,16-17,19H,7-8,11-12H2,1H3. The van der Waals surface area contributed by atoms with Crippen LogP contribution < -0.4 is 4.74 Å². The lowest BCUT2D eigenvalue weighted by atomic mass is 9.98. The van der Waals surface area contributed by atoms with Crippen molar-refractivity contribution in [1.29, 1.82) is 0 Å². The molecule has 2 aliphatic rings. The molecular formula is C20H22N2O2. The van der Waals surface area contributed by atoms with Crippen molar-refractivity contribution in [3.05, 3.63) is 59.9 Å². The number of pyridine rings is 1. The molecule has 2 saturated heterocycles. The van der Waals surface area contributed by atoms with E-state index in [0.29, 0.717) is 12.1 Å². The smallest absolute Gasteiger partial charge is 0.254 e. The van der Waals surface area contributed by atoms with Crippen LogP contribution in [0.2, 0.25) is 0 Å². The molecule has 0 saturated carbocycles. The number of fused-ring (bicyclic) bond motifs is 2. The molecule has 1 amide bonds. The Morgan fingerprint density at radius 3 is 2.62 bits per heavy atom. The van der Waals surface area contributed by atoms with E-state index >= 15 is 0 Å². The van der Waals surface area contributed by atoms with Crippen molar-refractivity contribution < 1.29 is 9.53 Å². The molecule has 4 rings (SSSR count). The number of carbonyl (C=O) groups is 1. The number of ether oxygens (including phenoxy) is 1. The summed E-state index contributed by atoms with van der Waals surface area (Å²) in [6.45, 7) is 2.03. The summed E-state index contributed by atoms with van der Waals surface area (Å²) in [5.74, 6) is 0.992. The highest BCUT2D eigenvalue weighted by molar-refractivity contribution is 5.95. The van der Waals surface area contributed by atoms with Crippen LogP contribution in [0.1, 0.15) is 41.6 Å². The summed E-state index contributed by atoms with van der Waals surface area (Å²) in [5, 5.41) is 0. The molecule has 1 aromatic carbocycles. The van der Waals surface area contributed by atoms with E-state index in [0.717, 1.165) is 42.6 Å². The number of aromatic nitrogens is 1. The highest BCUT2D eigenvalue weighted by Crippen LogP contribution is 2.38. The lowest BCUT2D eigenvalue weighted by Gasteiger charge is -2.39. The Hall–Kier alpha value is -2.36. The molecule has 1 aromatic heterocycles. The van der Waals surface area contributed by atoms with Crippen LogP contribution in [0.3, 0.4) is 0 Å². The summed E-state index contributed by atoms with van der Waals surface area (Å²) in [7, 11) is 0. The van der Waals surface area contributed by atoms with Crippen molar-refractivity contribution in [2.45, 2.75) is 50.8 Å². The highest BCUT2D eigenvalue weighted by Gasteiger charge is 2.44. The number of amides is 1. The third-order valence-electron chi connectivity index (χ3n) is 5.13. The number of benzene rings is 1. The maximum Gasteiger partial charge on any atom is 0.254 e. The van der Waals surface area contributed by atoms with Gasteiger partial charge >= 0.3 is 0 Å². The first-order valence-electron chi connectivity index (χ1n) is 8.67. The summed E-state index contributed by atoms with van der Waals surface area (Å²) in [6, 6.07) is 12.3. The number of hydrogen-bond acceptors (Lipinski definition) is 3. The summed E-state index contributed by atoms with van der Waals surface area (Å²) in [5.41, 5.74) is 1.93. The third kappa shape index (κ3) is 2.88. The topological polar surface area (TPSA) is 42.4 Å². The Kier molecular flexibility index (Phi) is 3.97. The molecule has 0 aliphatic carbocycles. The first-order valence-corrected chi connectivity index (χ1v) is 8.67. The van der Waals surface area contributed by atoms with Gasteiger partial charge in [-0.1, -0.05) is 17.7 Å². The van der Waals surface area contributed by atoms with E-state index < -0.39 is 0 Å². The maximum atomic E-state index is 13.0. The van der Waals surface area contributed by atoms with E-state index in [1.165, 1.54) is 0 Å². The van der Waals surface area contributed by atoms with E-state index in [9.17, 15) is 4.79 Å². The van der Waals surface area contributed by atoms with Crippen molar-refractivity contribution >= 4 is 5.91 Å². The van der Waals surface area contributed by atoms with Crippen molar-refractivity contribution in [2.24, 2.45) is 0 Å². The Labute approximate surface area is 142 Å². The van der Waals surface area contributed by atoms with Crippen molar-refractivity contribution in [3.63, 3.8) is 0 Å². The van der Waals surface area contributed by atoms with Gasteiger partial charge in [0.05, 0.1) is 6.20 Å². The minimum Gasteiger partial charge on any atom is -0.489 e. The van der Waals surface area contributed by atoms with Gasteiger partial charge in [0.25, 0.3) is 5.91 Å². The lowest BCUT2D eigenvalue weighted by molar-refractivity contribution is 0.0358. The molecule has 2 bridgehead atoms. The molecule has 2 atom stereocenters. The van der Waals surface area contributed by atoms with Crippen molar-refractivity contribution in [3.8, 4) is 5.75 Å². The quantitative estimate of drug-likeness (QED) is 0.867. The fourth-order valence-corrected chi connectivity index (χ4v) is 4.09. The fraction of sp³-hybridized carbons (Fsp3) is 0.400. The summed E-state index contributed by atoms with van der Waals surface area (Å²) < 4.78 is 6.09. The van der Waals surface area contributed by atoms with Gasteiger partial charge in [-0.05, 0) is 44.0 Å². The predicted molar refractivity (Wildman–Crippen MR) is 92.0 cm³/mol. The largest absolute Gasteiger partial charge is 0.489 e. The van der Waals surface area contributed by atoms with E-state index in [4.69, 9.17) is 4.74 Å². The van der Waals surface area contributed by atoms with Crippen molar-refractivity contribution in [1.82, 2.24) is 9.88 Å². The average molecular weight is 322 g/mol. The molecule has 2 aliphatic heterocycles. The first-order chi connectivity index (χ1) is 11.7. The molecule has 4 heteroatoms. The van der Waals surface area contributed by atoms with Crippen LogP contribution in [-0.4, -0.2) is 34.0 Å². The Balaban J connectivity index is 1.48. The Morgan fingerprint density at radius 2 is 1.96 bits per heavy atom. The predicted octanol–water partition coefficient (Wildman–Crippen LogP) is 3.60. The van der Waals surface area contributed by atoms with Crippen LogP contribution in [0.15, 0.2) is 48.8 Å². The van der Waals surface area contributed by atoms with Gasteiger partial charge in [0.15, 0.2) is 0 Å². The SMILES string of the molecule is Cc1cccc(C(=O)N2C3CCC2CC(Oc2cccnc2)C3)c1. The molecule has 24 heavy (non-hydrogen) atoms. The minimum absolute atomic E-state index is 0.172. The van der Waals surface area contributed by atoms with Crippen LogP contribution in [0.4, 0.5) is 0 Å². The van der Waals surface area contributed by atoms with E-state index in [1.807, 2.05) is 43.3 Å². The summed E-state index contributed by atoms with van der Waals surface area (Å²) in [6.07, 6.45) is 7.65. The van der Waals surface area contributed by atoms with Gasteiger partial charge in [0.1, 0.15) is 11.9 Å².